The summed E-state index contributed by atoms with van der Waals surface area (Å²) in [4.78, 5) is 35.2. The molecule has 6 nitrogen and oxygen atoms in total. The van der Waals surface area contributed by atoms with Gasteiger partial charge in [0.1, 0.15) is 0 Å². The molecular weight excluding hydrogens is 546 g/mol. The zero-order chi connectivity index (χ0) is 28.2. The molecular formula is C32H47ClF2N4O2. The molecule has 2 bridgehead atoms. The highest BCUT2D eigenvalue weighted by Crippen LogP contribution is 2.49. The van der Waals surface area contributed by atoms with Crippen LogP contribution in [0.5, 0.6) is 0 Å². The van der Waals surface area contributed by atoms with Crippen LogP contribution in [0, 0.1) is 11.3 Å². The van der Waals surface area contributed by atoms with Gasteiger partial charge in [0, 0.05) is 55.6 Å². The number of carbonyl (C=O) groups is 2. The average molecular weight is 593 g/mol. The van der Waals surface area contributed by atoms with Crippen molar-refractivity contribution < 1.29 is 18.4 Å². The van der Waals surface area contributed by atoms with E-state index in [1.807, 2.05) is 18.7 Å². The summed E-state index contributed by atoms with van der Waals surface area (Å²) in [5, 5.41) is 0. The van der Waals surface area contributed by atoms with Crippen molar-refractivity contribution in [2.45, 2.75) is 108 Å². The Kier molecular flexibility index (Phi) is 8.66. The van der Waals surface area contributed by atoms with E-state index in [0.29, 0.717) is 36.4 Å². The predicted octanol–water partition coefficient (Wildman–Crippen LogP) is 6.01. The van der Waals surface area contributed by atoms with E-state index in [9.17, 15) is 18.4 Å². The van der Waals surface area contributed by atoms with E-state index < -0.39 is 13.0 Å². The minimum absolute atomic E-state index is 0. The number of fused-ring (bicyclic) bond motifs is 2. The Morgan fingerprint density at radius 1 is 1.02 bits per heavy atom. The molecule has 1 aliphatic carbocycles. The summed E-state index contributed by atoms with van der Waals surface area (Å²) < 4.78 is 26.7. The smallest absolute Gasteiger partial charge is 0.321 e. The van der Waals surface area contributed by atoms with E-state index >= 15 is 0 Å². The molecule has 5 fully saturated rings. The number of carbonyl (C=O) groups excluding carboxylic acids is 2. The van der Waals surface area contributed by atoms with E-state index in [-0.39, 0.29) is 35.4 Å². The largest absolute Gasteiger partial charge is 0.341 e. The first-order valence-corrected chi connectivity index (χ1v) is 15.6. The third-order valence-electron chi connectivity index (χ3n) is 11.0. The molecule has 3 amide bonds. The van der Waals surface area contributed by atoms with Crippen molar-refractivity contribution in [3.63, 3.8) is 0 Å². The van der Waals surface area contributed by atoms with Crippen molar-refractivity contribution >= 4 is 24.3 Å². The first-order valence-electron chi connectivity index (χ1n) is 15.6. The molecule has 6 rings (SSSR count). The van der Waals surface area contributed by atoms with Gasteiger partial charge in [-0.05, 0) is 63.9 Å². The summed E-state index contributed by atoms with van der Waals surface area (Å²) in [5.41, 5.74) is 0.734. The molecule has 0 radical (unpaired) electrons. The van der Waals surface area contributed by atoms with Gasteiger partial charge in [0.2, 0.25) is 5.91 Å². The van der Waals surface area contributed by atoms with E-state index in [4.69, 9.17) is 0 Å². The number of alkyl halides is 2. The molecule has 228 valence electrons. The number of hydrogen-bond donors (Lipinski definition) is 0. The number of urea groups is 1. The van der Waals surface area contributed by atoms with Crippen molar-refractivity contribution in [2.24, 2.45) is 11.3 Å². The number of benzene rings is 1. The Hall–Kier alpha value is -1.93. The Morgan fingerprint density at radius 2 is 1.66 bits per heavy atom. The van der Waals surface area contributed by atoms with Gasteiger partial charge in [0.15, 0.2) is 0 Å². The van der Waals surface area contributed by atoms with Crippen LogP contribution in [0.25, 0.3) is 0 Å². The molecule has 1 saturated carbocycles. The van der Waals surface area contributed by atoms with E-state index in [2.05, 4.69) is 47.1 Å². The van der Waals surface area contributed by atoms with E-state index in [0.717, 1.165) is 71.0 Å². The molecule has 5 aliphatic rings. The average Bonchev–Trinajstić information content (AvgIpc) is 3.65. The van der Waals surface area contributed by atoms with Crippen LogP contribution in [0.1, 0.15) is 83.6 Å². The fourth-order valence-corrected chi connectivity index (χ4v) is 9.29. The van der Waals surface area contributed by atoms with Crippen LogP contribution < -0.4 is 0 Å². The molecule has 41 heavy (non-hydrogen) atoms. The molecule has 4 atom stereocenters. The van der Waals surface area contributed by atoms with Gasteiger partial charge in [0.25, 0.3) is 6.43 Å². The SMILES string of the molecule is CC(C)N1C(=O)N(CC(F)F)CC12CC1CCC(C2)N1C[C@H]1CN(C(=O)C2(C)CCCC2)C[C@@H]1c1ccccc1.Cl. The number of hydrogen-bond acceptors (Lipinski definition) is 3. The van der Waals surface area contributed by atoms with Gasteiger partial charge < -0.3 is 14.7 Å². The highest BCUT2D eigenvalue weighted by molar-refractivity contribution is 5.85. The number of piperidine rings is 1. The van der Waals surface area contributed by atoms with Crippen molar-refractivity contribution in [1.29, 1.82) is 0 Å². The number of nitrogens with zero attached hydrogens (tertiary/aromatic N) is 4. The molecule has 4 heterocycles. The Bertz CT molecular complexity index is 1080. The van der Waals surface area contributed by atoms with Gasteiger partial charge in [-0.25, -0.2) is 13.6 Å². The van der Waals surface area contributed by atoms with Gasteiger partial charge in [-0.2, -0.15) is 0 Å². The van der Waals surface area contributed by atoms with Crippen molar-refractivity contribution in [1.82, 2.24) is 19.6 Å². The number of halogens is 3. The molecule has 1 aromatic carbocycles. The molecule has 1 spiro atoms. The fraction of sp³-hybridized carbons (Fsp3) is 0.750. The maximum Gasteiger partial charge on any atom is 0.321 e. The molecule has 4 aliphatic heterocycles. The van der Waals surface area contributed by atoms with Crippen LogP contribution in [-0.4, -0.2) is 94.4 Å². The van der Waals surface area contributed by atoms with Crippen LogP contribution in [0.2, 0.25) is 0 Å². The van der Waals surface area contributed by atoms with Crippen LogP contribution in [-0.2, 0) is 4.79 Å². The minimum Gasteiger partial charge on any atom is -0.341 e. The van der Waals surface area contributed by atoms with Crippen LogP contribution >= 0.6 is 12.4 Å². The summed E-state index contributed by atoms with van der Waals surface area (Å²) in [6.07, 6.45) is 5.63. The van der Waals surface area contributed by atoms with Crippen molar-refractivity contribution in [2.75, 3.05) is 32.7 Å². The second-order valence-corrected chi connectivity index (χ2v) is 14.0. The topological polar surface area (TPSA) is 47.1 Å². The van der Waals surface area contributed by atoms with E-state index in [1.165, 1.54) is 10.5 Å². The Morgan fingerprint density at radius 3 is 2.24 bits per heavy atom. The first kappa shape index (κ1) is 30.5. The highest BCUT2D eigenvalue weighted by atomic mass is 35.5. The monoisotopic (exact) mass is 592 g/mol. The molecule has 4 saturated heterocycles. The third kappa shape index (κ3) is 5.48. The van der Waals surface area contributed by atoms with Crippen LogP contribution in [0.15, 0.2) is 30.3 Å². The van der Waals surface area contributed by atoms with E-state index in [1.54, 1.807) is 0 Å². The lowest BCUT2D eigenvalue weighted by Gasteiger charge is -2.50. The second-order valence-electron chi connectivity index (χ2n) is 14.0. The molecule has 9 heteroatoms. The van der Waals surface area contributed by atoms with Crippen molar-refractivity contribution in [3.05, 3.63) is 35.9 Å². The van der Waals surface area contributed by atoms with Gasteiger partial charge >= 0.3 is 6.03 Å². The summed E-state index contributed by atoms with van der Waals surface area (Å²) in [5.74, 6) is 1.01. The van der Waals surface area contributed by atoms with Gasteiger partial charge in [-0.3, -0.25) is 9.69 Å². The lowest BCUT2D eigenvalue weighted by Crippen LogP contribution is -2.60. The molecule has 1 aromatic rings. The standard InChI is InChI=1S/C32H46F2N4O2.ClH/c1-22(2)38-30(40)36(20-28(33)34)21-32(38)15-25-11-12-26(16-32)37(25)18-24-17-35(29(39)31(3)13-7-8-14-31)19-27(24)23-9-5-4-6-10-23;/h4-6,9-10,22,24-28H,7-8,11-21H2,1-3H3;1H/t24-,25?,26?,27-,32?;/m1./s1. The highest BCUT2D eigenvalue weighted by Gasteiger charge is 2.58. The molecule has 0 N–H and O–H groups in total. The maximum absolute atomic E-state index is 13.7. The minimum atomic E-state index is -2.51. The maximum atomic E-state index is 13.7. The Labute approximate surface area is 250 Å². The zero-order valence-corrected chi connectivity index (χ0v) is 25.6. The molecule has 0 aromatic heterocycles. The summed E-state index contributed by atoms with van der Waals surface area (Å²) in [6, 6.07) is 11.1. The van der Waals surface area contributed by atoms with Crippen LogP contribution in [0.3, 0.4) is 0 Å². The second kappa shape index (κ2) is 11.6. The van der Waals surface area contributed by atoms with Crippen LogP contribution in [0.4, 0.5) is 13.6 Å². The van der Waals surface area contributed by atoms with Gasteiger partial charge in [-0.15, -0.1) is 12.4 Å². The normalized spacial score (nSPS) is 33.0. The lowest BCUT2D eigenvalue weighted by molar-refractivity contribution is -0.140. The fourth-order valence-electron chi connectivity index (χ4n) is 9.29. The van der Waals surface area contributed by atoms with Gasteiger partial charge in [-0.1, -0.05) is 50.1 Å². The Balaban J connectivity index is 0.00000337. The predicted molar refractivity (Wildman–Crippen MR) is 159 cm³/mol. The number of likely N-dealkylation sites (tertiary alicyclic amines) is 1. The first-order chi connectivity index (χ1) is 19.1. The summed E-state index contributed by atoms with van der Waals surface area (Å²) in [6.45, 7) is 8.65. The lowest BCUT2D eigenvalue weighted by atomic mass is 9.80. The number of rotatable bonds is 7. The van der Waals surface area contributed by atoms with Gasteiger partial charge in [0.05, 0.1) is 12.1 Å². The molecule has 2 unspecified atom stereocenters. The summed E-state index contributed by atoms with van der Waals surface area (Å²) >= 11 is 0. The quantitative estimate of drug-likeness (QED) is 0.390. The zero-order valence-electron chi connectivity index (χ0n) is 24.8. The summed E-state index contributed by atoms with van der Waals surface area (Å²) in [7, 11) is 0. The number of amides is 3. The third-order valence-corrected chi connectivity index (χ3v) is 11.0. The van der Waals surface area contributed by atoms with Crippen molar-refractivity contribution in [3.8, 4) is 0 Å².